The predicted octanol–water partition coefficient (Wildman–Crippen LogP) is 3.53. The van der Waals surface area contributed by atoms with Gasteiger partial charge < -0.3 is 5.11 Å². The number of fused-ring (bicyclic) bond motifs is 2. The molecule has 1 aromatic carbocycles. The van der Waals surface area contributed by atoms with Crippen molar-refractivity contribution in [2.24, 2.45) is 17.8 Å². The Kier molecular flexibility index (Phi) is 2.67. The fourth-order valence-electron chi connectivity index (χ4n) is 3.88. The Bertz CT molecular complexity index is 472. The average Bonchev–Trinajstić information content (AvgIpc) is 3.00. The van der Waals surface area contributed by atoms with Crippen LogP contribution in [0.2, 0.25) is 0 Å². The van der Waals surface area contributed by atoms with E-state index in [4.69, 9.17) is 0 Å². The van der Waals surface area contributed by atoms with Crippen LogP contribution >= 0.6 is 0 Å². The van der Waals surface area contributed by atoms with E-state index < -0.39 is 5.60 Å². The predicted molar refractivity (Wildman–Crippen MR) is 74.2 cm³/mol. The van der Waals surface area contributed by atoms with E-state index in [2.05, 4.69) is 43.0 Å². The zero-order valence-corrected chi connectivity index (χ0v) is 10.8. The fraction of sp³-hybridized carbons (Fsp3) is 0.412. The van der Waals surface area contributed by atoms with Gasteiger partial charge in [-0.25, -0.2) is 0 Å². The van der Waals surface area contributed by atoms with Crippen LogP contribution in [0.25, 0.3) is 0 Å². The second-order valence-electron chi connectivity index (χ2n) is 5.84. The first kappa shape index (κ1) is 11.7. The summed E-state index contributed by atoms with van der Waals surface area (Å²) in [6.45, 7) is 5.71. The minimum Gasteiger partial charge on any atom is -0.386 e. The van der Waals surface area contributed by atoms with E-state index in [-0.39, 0.29) is 5.92 Å². The van der Waals surface area contributed by atoms with Crippen LogP contribution in [0.3, 0.4) is 0 Å². The first-order chi connectivity index (χ1) is 8.63. The van der Waals surface area contributed by atoms with Crippen LogP contribution in [-0.2, 0) is 0 Å². The monoisotopic (exact) mass is 240 g/mol. The third-order valence-electron chi connectivity index (χ3n) is 4.73. The largest absolute Gasteiger partial charge is 0.386 e. The molecule has 0 amide bonds. The molecule has 0 spiro atoms. The Balaban J connectivity index is 2.02. The molecule has 1 saturated carbocycles. The van der Waals surface area contributed by atoms with Gasteiger partial charge in [-0.1, -0.05) is 48.6 Å². The van der Waals surface area contributed by atoms with Crippen LogP contribution in [-0.4, -0.2) is 10.7 Å². The molecule has 5 atom stereocenters. The van der Waals surface area contributed by atoms with E-state index in [0.29, 0.717) is 17.8 Å². The number of hydrogen-bond acceptors (Lipinski definition) is 1. The van der Waals surface area contributed by atoms with E-state index in [1.54, 1.807) is 6.08 Å². The van der Waals surface area contributed by atoms with Crippen molar-refractivity contribution in [3.63, 3.8) is 0 Å². The molecule has 18 heavy (non-hydrogen) atoms. The lowest BCUT2D eigenvalue weighted by molar-refractivity contribution is 0.0249. The van der Waals surface area contributed by atoms with Gasteiger partial charge >= 0.3 is 0 Å². The summed E-state index contributed by atoms with van der Waals surface area (Å²) < 4.78 is 0. The lowest BCUT2D eigenvalue weighted by atomic mass is 9.70. The standard InChI is InChI=1S/C17H20O/c1-3-17(2,18)16-14-10-9-13(11-14)15(16)12-7-5-4-6-8-12/h3-10,13-16,18H,1,11H2,2H3/t13-,14+,15+,16+,17?/m0/s1. The van der Waals surface area contributed by atoms with Crippen LogP contribution in [0.15, 0.2) is 55.1 Å². The van der Waals surface area contributed by atoms with Gasteiger partial charge in [-0.15, -0.1) is 6.58 Å². The first-order valence-corrected chi connectivity index (χ1v) is 6.73. The molecule has 3 rings (SSSR count). The summed E-state index contributed by atoms with van der Waals surface area (Å²) in [6.07, 6.45) is 7.50. The lowest BCUT2D eigenvalue weighted by Crippen LogP contribution is -2.38. The van der Waals surface area contributed by atoms with Crippen molar-refractivity contribution in [1.29, 1.82) is 0 Å². The van der Waals surface area contributed by atoms with Crippen LogP contribution in [0, 0.1) is 17.8 Å². The highest BCUT2D eigenvalue weighted by Crippen LogP contribution is 2.56. The highest BCUT2D eigenvalue weighted by atomic mass is 16.3. The Labute approximate surface area is 109 Å². The van der Waals surface area contributed by atoms with E-state index in [1.807, 2.05) is 13.0 Å². The summed E-state index contributed by atoms with van der Waals surface area (Å²) in [5.41, 5.74) is 0.562. The average molecular weight is 240 g/mol. The zero-order valence-electron chi connectivity index (χ0n) is 10.8. The van der Waals surface area contributed by atoms with Gasteiger partial charge in [0.2, 0.25) is 0 Å². The number of benzene rings is 1. The molecule has 1 unspecified atom stereocenters. The molecule has 1 nitrogen and oxygen atoms in total. The minimum absolute atomic E-state index is 0.257. The second-order valence-corrected chi connectivity index (χ2v) is 5.84. The molecule has 1 fully saturated rings. The smallest absolute Gasteiger partial charge is 0.0836 e. The van der Waals surface area contributed by atoms with Crippen LogP contribution in [0.1, 0.15) is 24.8 Å². The normalized spacial score (nSPS) is 36.6. The molecule has 1 N–H and O–H groups in total. The van der Waals surface area contributed by atoms with Crippen molar-refractivity contribution >= 4 is 0 Å². The number of allylic oxidation sites excluding steroid dienone is 2. The third-order valence-corrected chi connectivity index (χ3v) is 4.73. The molecule has 94 valence electrons. The van der Waals surface area contributed by atoms with Crippen molar-refractivity contribution in [1.82, 2.24) is 0 Å². The maximum absolute atomic E-state index is 10.6. The topological polar surface area (TPSA) is 20.2 Å². The summed E-state index contributed by atoms with van der Waals surface area (Å²) in [5.74, 6) is 1.75. The van der Waals surface area contributed by atoms with Gasteiger partial charge in [0.05, 0.1) is 5.60 Å². The molecular formula is C17H20O. The fourth-order valence-corrected chi connectivity index (χ4v) is 3.88. The summed E-state index contributed by atoms with van der Waals surface area (Å²) in [4.78, 5) is 0. The maximum Gasteiger partial charge on any atom is 0.0836 e. The summed E-state index contributed by atoms with van der Waals surface area (Å²) in [5, 5.41) is 10.6. The van der Waals surface area contributed by atoms with Gasteiger partial charge in [0.1, 0.15) is 0 Å². The highest BCUT2D eigenvalue weighted by Gasteiger charge is 2.51. The van der Waals surface area contributed by atoms with Gasteiger partial charge in [-0.2, -0.15) is 0 Å². The van der Waals surface area contributed by atoms with Crippen molar-refractivity contribution in [2.75, 3.05) is 0 Å². The van der Waals surface area contributed by atoms with Crippen molar-refractivity contribution < 1.29 is 5.11 Å². The van der Waals surface area contributed by atoms with Gasteiger partial charge in [0.15, 0.2) is 0 Å². The summed E-state index contributed by atoms with van der Waals surface area (Å²) in [6, 6.07) is 10.6. The van der Waals surface area contributed by atoms with Gasteiger partial charge in [-0.3, -0.25) is 0 Å². The minimum atomic E-state index is -0.787. The molecule has 0 saturated heterocycles. The maximum atomic E-state index is 10.6. The molecule has 2 aliphatic carbocycles. The van der Waals surface area contributed by atoms with Crippen molar-refractivity contribution in [2.45, 2.75) is 24.9 Å². The van der Waals surface area contributed by atoms with Gasteiger partial charge in [-0.05, 0) is 36.7 Å². The second kappa shape index (κ2) is 4.10. The van der Waals surface area contributed by atoms with E-state index >= 15 is 0 Å². The Morgan fingerprint density at radius 3 is 2.56 bits per heavy atom. The van der Waals surface area contributed by atoms with Crippen LogP contribution < -0.4 is 0 Å². The highest BCUT2D eigenvalue weighted by molar-refractivity contribution is 5.32. The Morgan fingerprint density at radius 1 is 1.22 bits per heavy atom. The number of hydrogen-bond donors (Lipinski definition) is 1. The van der Waals surface area contributed by atoms with Crippen molar-refractivity contribution in [3.8, 4) is 0 Å². The summed E-state index contributed by atoms with van der Waals surface area (Å²) >= 11 is 0. The zero-order chi connectivity index (χ0) is 12.8. The van der Waals surface area contributed by atoms with Gasteiger partial charge in [0, 0.05) is 5.92 Å². The SMILES string of the molecule is C=CC(C)(O)[C@H]1[C@H](c2ccccc2)[C@H]2C=C[C@@H]1C2. The third kappa shape index (κ3) is 1.65. The Morgan fingerprint density at radius 2 is 1.89 bits per heavy atom. The summed E-state index contributed by atoms with van der Waals surface area (Å²) in [7, 11) is 0. The molecule has 0 radical (unpaired) electrons. The molecule has 0 aliphatic heterocycles. The van der Waals surface area contributed by atoms with E-state index in [9.17, 15) is 5.11 Å². The molecule has 2 bridgehead atoms. The van der Waals surface area contributed by atoms with Crippen LogP contribution in [0.5, 0.6) is 0 Å². The van der Waals surface area contributed by atoms with E-state index in [1.165, 1.54) is 12.0 Å². The molecule has 2 aliphatic rings. The quantitative estimate of drug-likeness (QED) is 0.801. The first-order valence-electron chi connectivity index (χ1n) is 6.73. The molecule has 1 aromatic rings. The number of aliphatic hydroxyl groups is 1. The lowest BCUT2D eigenvalue weighted by Gasteiger charge is -2.37. The number of rotatable bonds is 3. The Hall–Kier alpha value is -1.34. The van der Waals surface area contributed by atoms with Crippen LogP contribution in [0.4, 0.5) is 0 Å². The molecule has 0 aromatic heterocycles. The van der Waals surface area contributed by atoms with Gasteiger partial charge in [0.25, 0.3) is 0 Å². The van der Waals surface area contributed by atoms with E-state index in [0.717, 1.165) is 0 Å². The molecular weight excluding hydrogens is 220 g/mol. The molecule has 0 heterocycles. The van der Waals surface area contributed by atoms with Crippen molar-refractivity contribution in [3.05, 3.63) is 60.7 Å². The molecule has 1 heteroatoms.